The zero-order valence-corrected chi connectivity index (χ0v) is 11.8. The molecule has 0 fully saturated rings. The monoisotopic (exact) mass is 305 g/mol. The highest BCUT2D eigenvalue weighted by Crippen LogP contribution is 2.17. The van der Waals surface area contributed by atoms with Crippen LogP contribution in [0, 0.1) is 11.6 Å². The first-order chi connectivity index (χ1) is 10.6. The Hall–Kier alpha value is -2.54. The number of halogens is 2. The van der Waals surface area contributed by atoms with Gasteiger partial charge in [-0.2, -0.15) is 4.98 Å². The maximum Gasteiger partial charge on any atom is 0.241 e. The molecular formula is C15H13F2N3O2. The Balaban J connectivity index is 1.65. The van der Waals surface area contributed by atoms with Crippen molar-refractivity contribution in [2.45, 2.75) is 13.1 Å². The predicted octanol–water partition coefficient (Wildman–Crippen LogP) is 3.24. The van der Waals surface area contributed by atoms with Crippen LogP contribution < -0.4 is 0 Å². The maximum absolute atomic E-state index is 13.6. The lowest BCUT2D eigenvalue weighted by atomic mass is 10.2. The summed E-state index contributed by atoms with van der Waals surface area (Å²) in [6.45, 7) is 0.634. The van der Waals surface area contributed by atoms with Crippen LogP contribution >= 0.6 is 0 Å². The van der Waals surface area contributed by atoms with Gasteiger partial charge in [0.05, 0.1) is 12.8 Å². The number of hydrogen-bond donors (Lipinski definition) is 0. The van der Waals surface area contributed by atoms with Gasteiger partial charge in [0.15, 0.2) is 5.76 Å². The van der Waals surface area contributed by atoms with Gasteiger partial charge in [-0.05, 0) is 25.2 Å². The molecule has 5 nitrogen and oxygen atoms in total. The third kappa shape index (κ3) is 3.20. The molecule has 0 radical (unpaired) electrons. The van der Waals surface area contributed by atoms with Crippen LogP contribution in [-0.2, 0) is 13.1 Å². The standard InChI is InChI=1S/C15H13F2N3O2/c1-20(8-10-4-5-11(16)7-12(10)17)9-14-18-15(19-22-14)13-3-2-6-21-13/h2-7H,8-9H2,1H3. The van der Waals surface area contributed by atoms with Crippen LogP contribution in [0.25, 0.3) is 11.6 Å². The summed E-state index contributed by atoms with van der Waals surface area (Å²) in [5.41, 5.74) is 0.398. The summed E-state index contributed by atoms with van der Waals surface area (Å²) in [4.78, 5) is 5.99. The number of aromatic nitrogens is 2. The Labute approximate surface area is 125 Å². The third-order valence-corrected chi connectivity index (χ3v) is 3.07. The Morgan fingerprint density at radius 1 is 1.18 bits per heavy atom. The minimum Gasteiger partial charge on any atom is -0.461 e. The van der Waals surface area contributed by atoms with Crippen molar-refractivity contribution in [3.8, 4) is 11.6 Å². The highest BCUT2D eigenvalue weighted by Gasteiger charge is 2.14. The molecule has 22 heavy (non-hydrogen) atoms. The fraction of sp³-hybridized carbons (Fsp3) is 0.200. The zero-order chi connectivity index (χ0) is 15.5. The quantitative estimate of drug-likeness (QED) is 0.724. The normalized spacial score (nSPS) is 11.3. The molecule has 0 amide bonds. The fourth-order valence-electron chi connectivity index (χ4n) is 2.05. The molecule has 3 rings (SSSR count). The smallest absolute Gasteiger partial charge is 0.241 e. The van der Waals surface area contributed by atoms with E-state index in [1.165, 1.54) is 18.4 Å². The van der Waals surface area contributed by atoms with E-state index in [0.29, 0.717) is 36.1 Å². The van der Waals surface area contributed by atoms with Crippen LogP contribution in [-0.4, -0.2) is 22.1 Å². The van der Waals surface area contributed by atoms with Gasteiger partial charge in [-0.1, -0.05) is 11.2 Å². The predicted molar refractivity (Wildman–Crippen MR) is 73.5 cm³/mol. The van der Waals surface area contributed by atoms with Crippen LogP contribution in [0.4, 0.5) is 8.78 Å². The first kappa shape index (κ1) is 14.4. The minimum atomic E-state index is -0.594. The van der Waals surface area contributed by atoms with E-state index < -0.39 is 11.6 Å². The maximum atomic E-state index is 13.6. The second-order valence-corrected chi connectivity index (χ2v) is 4.90. The number of hydrogen-bond acceptors (Lipinski definition) is 5. The number of nitrogens with zero attached hydrogens (tertiary/aromatic N) is 3. The minimum absolute atomic E-state index is 0.296. The van der Waals surface area contributed by atoms with E-state index in [-0.39, 0.29) is 0 Å². The summed E-state index contributed by atoms with van der Waals surface area (Å²) >= 11 is 0. The first-order valence-corrected chi connectivity index (χ1v) is 6.61. The fourth-order valence-corrected chi connectivity index (χ4v) is 2.05. The van der Waals surface area contributed by atoms with Crippen molar-refractivity contribution in [2.75, 3.05) is 7.05 Å². The average Bonchev–Trinajstić information content (AvgIpc) is 3.12. The average molecular weight is 305 g/mol. The number of furan rings is 1. The van der Waals surface area contributed by atoms with Crippen LogP contribution in [0.1, 0.15) is 11.5 Å². The molecule has 0 aliphatic heterocycles. The molecule has 114 valence electrons. The molecule has 2 aromatic heterocycles. The van der Waals surface area contributed by atoms with Gasteiger partial charge in [0.2, 0.25) is 11.7 Å². The Morgan fingerprint density at radius 2 is 2.05 bits per heavy atom. The molecule has 0 spiro atoms. The molecule has 0 unspecified atom stereocenters. The molecule has 0 N–H and O–H groups in total. The van der Waals surface area contributed by atoms with Crippen LogP contribution in [0.5, 0.6) is 0 Å². The summed E-state index contributed by atoms with van der Waals surface area (Å²) in [6.07, 6.45) is 1.52. The van der Waals surface area contributed by atoms with E-state index in [1.54, 1.807) is 24.1 Å². The van der Waals surface area contributed by atoms with Crippen molar-refractivity contribution in [1.29, 1.82) is 0 Å². The molecule has 0 atom stereocenters. The van der Waals surface area contributed by atoms with Crippen molar-refractivity contribution >= 4 is 0 Å². The summed E-state index contributed by atoms with van der Waals surface area (Å²) in [5.74, 6) is 0.0950. The van der Waals surface area contributed by atoms with Crippen LogP contribution in [0.2, 0.25) is 0 Å². The van der Waals surface area contributed by atoms with Crippen LogP contribution in [0.15, 0.2) is 45.5 Å². The van der Waals surface area contributed by atoms with Gasteiger partial charge in [-0.3, -0.25) is 4.90 Å². The Morgan fingerprint density at radius 3 is 2.77 bits per heavy atom. The molecule has 0 saturated heterocycles. The van der Waals surface area contributed by atoms with Gasteiger partial charge in [0, 0.05) is 18.2 Å². The Kier molecular flexibility index (Phi) is 3.97. The number of rotatable bonds is 5. The lowest BCUT2D eigenvalue weighted by Gasteiger charge is -2.14. The zero-order valence-electron chi connectivity index (χ0n) is 11.8. The molecule has 1 aromatic carbocycles. The lowest BCUT2D eigenvalue weighted by Crippen LogP contribution is -2.18. The van der Waals surface area contributed by atoms with Gasteiger partial charge in [0.25, 0.3) is 0 Å². The van der Waals surface area contributed by atoms with E-state index in [1.807, 2.05) is 0 Å². The summed E-state index contributed by atoms with van der Waals surface area (Å²) in [7, 11) is 1.78. The highest BCUT2D eigenvalue weighted by atomic mass is 19.1. The van der Waals surface area contributed by atoms with E-state index in [9.17, 15) is 8.78 Å². The van der Waals surface area contributed by atoms with Gasteiger partial charge in [-0.25, -0.2) is 8.78 Å². The lowest BCUT2D eigenvalue weighted by molar-refractivity contribution is 0.258. The molecular weight excluding hydrogens is 292 g/mol. The SMILES string of the molecule is CN(Cc1nc(-c2ccco2)no1)Cc1ccc(F)cc1F. The molecule has 0 aliphatic rings. The summed E-state index contributed by atoms with van der Waals surface area (Å²) in [6, 6.07) is 6.98. The molecule has 7 heteroatoms. The van der Waals surface area contributed by atoms with Gasteiger partial charge in [0.1, 0.15) is 11.6 Å². The van der Waals surface area contributed by atoms with Crippen molar-refractivity contribution < 1.29 is 17.7 Å². The summed E-state index contributed by atoms with van der Waals surface area (Å²) in [5, 5.41) is 3.82. The van der Waals surface area contributed by atoms with Gasteiger partial charge in [-0.15, -0.1) is 0 Å². The van der Waals surface area contributed by atoms with E-state index in [0.717, 1.165) is 6.07 Å². The van der Waals surface area contributed by atoms with Gasteiger partial charge >= 0.3 is 0 Å². The molecule has 0 saturated carbocycles. The summed E-state index contributed by atoms with van der Waals surface area (Å²) < 4.78 is 36.8. The first-order valence-electron chi connectivity index (χ1n) is 6.61. The molecule has 0 aliphatic carbocycles. The van der Waals surface area contributed by atoms with Crippen molar-refractivity contribution in [2.24, 2.45) is 0 Å². The highest BCUT2D eigenvalue weighted by molar-refractivity contribution is 5.44. The van der Waals surface area contributed by atoms with Crippen molar-refractivity contribution in [3.63, 3.8) is 0 Å². The van der Waals surface area contributed by atoms with E-state index >= 15 is 0 Å². The largest absolute Gasteiger partial charge is 0.461 e. The Bertz CT molecular complexity index is 756. The molecule has 3 aromatic rings. The van der Waals surface area contributed by atoms with Crippen molar-refractivity contribution in [3.05, 3.63) is 59.7 Å². The second kappa shape index (κ2) is 6.07. The van der Waals surface area contributed by atoms with Crippen LogP contribution in [0.3, 0.4) is 0 Å². The topological polar surface area (TPSA) is 55.3 Å². The van der Waals surface area contributed by atoms with E-state index in [2.05, 4.69) is 10.1 Å². The number of benzene rings is 1. The second-order valence-electron chi connectivity index (χ2n) is 4.90. The van der Waals surface area contributed by atoms with Crippen molar-refractivity contribution in [1.82, 2.24) is 15.0 Å². The van der Waals surface area contributed by atoms with Gasteiger partial charge < -0.3 is 8.94 Å². The molecule has 2 heterocycles. The van der Waals surface area contributed by atoms with E-state index in [4.69, 9.17) is 8.94 Å². The molecule has 0 bridgehead atoms. The third-order valence-electron chi connectivity index (χ3n) is 3.07.